The van der Waals surface area contributed by atoms with Gasteiger partial charge in [0.15, 0.2) is 12.1 Å². The van der Waals surface area contributed by atoms with Gasteiger partial charge in [0.25, 0.3) is 0 Å². The molecule has 0 bridgehead atoms. The minimum atomic E-state index is -2.18. The quantitative estimate of drug-likeness (QED) is 0.270. The molecule has 0 saturated carbocycles. The monoisotopic (exact) mass is 585 g/mol. The number of phenolic OH excluding ortho intramolecular Hbond substituents is 2. The zero-order valence-corrected chi connectivity index (χ0v) is 23.9. The first-order valence-corrected chi connectivity index (χ1v) is 13.7. The molecule has 8 atom stereocenters. The number of carbonyl (C=O) groups excluding carboxylic acids is 3. The standard InChI is InChI=1S/C30H35NO11/c1-6-30(39)22(29(38)40-5)14-10-15-20(25(35)19-13(24(15)34)8-7-9-17(19)32)26(36)21(14)27(28(30)37)42-18-11-16(31(3)4)23(33)12(2)41-18/h7-10,12,16,18,22-23,27-28,32-33,36-37,39H,6,11H2,1-5H3/t12-,16-,18-,22-,23+,27+,28?,30-/m0/s1. The largest absolute Gasteiger partial charge is 0.507 e. The van der Waals surface area contributed by atoms with E-state index in [4.69, 9.17) is 14.2 Å². The van der Waals surface area contributed by atoms with Crippen molar-refractivity contribution in [2.24, 2.45) is 0 Å². The van der Waals surface area contributed by atoms with E-state index >= 15 is 0 Å². The van der Waals surface area contributed by atoms with E-state index < -0.39 is 82.9 Å². The number of benzene rings is 2. The summed E-state index contributed by atoms with van der Waals surface area (Å²) in [6, 6.07) is 4.84. The molecule has 5 N–H and O–H groups in total. The number of aliphatic hydroxyl groups is 3. The van der Waals surface area contributed by atoms with Crippen LogP contribution in [0.2, 0.25) is 0 Å². The molecule has 5 rings (SSSR count). The molecule has 226 valence electrons. The Morgan fingerprint density at radius 1 is 1.12 bits per heavy atom. The van der Waals surface area contributed by atoms with E-state index in [-0.39, 0.29) is 40.7 Å². The van der Waals surface area contributed by atoms with Crippen LogP contribution < -0.4 is 0 Å². The van der Waals surface area contributed by atoms with Crippen molar-refractivity contribution in [3.05, 3.63) is 57.6 Å². The van der Waals surface area contributed by atoms with Gasteiger partial charge in [-0.15, -0.1) is 0 Å². The number of aliphatic hydroxyl groups excluding tert-OH is 2. The van der Waals surface area contributed by atoms with Crippen molar-refractivity contribution < 1.29 is 54.1 Å². The number of likely N-dealkylation sites (N-methyl/N-ethyl adjacent to an activating group) is 1. The highest BCUT2D eigenvalue weighted by Crippen LogP contribution is 2.54. The van der Waals surface area contributed by atoms with Gasteiger partial charge in [-0.1, -0.05) is 19.1 Å². The third kappa shape index (κ3) is 4.32. The second-order valence-corrected chi connectivity index (χ2v) is 11.3. The molecule has 1 saturated heterocycles. The first kappa shape index (κ1) is 30.1. The number of methoxy groups -OCH3 is 1. The third-order valence-corrected chi connectivity index (χ3v) is 8.89. The number of hydrogen-bond acceptors (Lipinski definition) is 12. The fraction of sp³-hybridized carbons (Fsp3) is 0.500. The Balaban J connectivity index is 1.73. The van der Waals surface area contributed by atoms with Crippen LogP contribution in [0.1, 0.15) is 81.7 Å². The number of esters is 1. The molecule has 12 heteroatoms. The first-order valence-electron chi connectivity index (χ1n) is 13.7. The zero-order chi connectivity index (χ0) is 30.8. The number of phenols is 2. The average molecular weight is 586 g/mol. The molecule has 0 radical (unpaired) electrons. The number of carbonyl (C=O) groups is 3. The van der Waals surface area contributed by atoms with Gasteiger partial charge in [0, 0.05) is 29.2 Å². The molecule has 12 nitrogen and oxygen atoms in total. The second kappa shape index (κ2) is 10.7. The van der Waals surface area contributed by atoms with Gasteiger partial charge in [-0.05, 0) is 45.1 Å². The van der Waals surface area contributed by atoms with Crippen molar-refractivity contribution in [3.8, 4) is 11.5 Å². The molecule has 0 amide bonds. The Kier molecular flexibility index (Phi) is 7.67. The van der Waals surface area contributed by atoms with E-state index in [0.717, 1.165) is 7.11 Å². The summed E-state index contributed by atoms with van der Waals surface area (Å²) >= 11 is 0. The number of hydrogen-bond donors (Lipinski definition) is 5. The fourth-order valence-electron chi connectivity index (χ4n) is 6.55. The van der Waals surface area contributed by atoms with Gasteiger partial charge in [0.1, 0.15) is 35.2 Å². The van der Waals surface area contributed by atoms with Crippen LogP contribution in [-0.4, -0.2) is 105 Å². The van der Waals surface area contributed by atoms with Crippen molar-refractivity contribution in [2.75, 3.05) is 21.2 Å². The van der Waals surface area contributed by atoms with Crippen LogP contribution in [0.25, 0.3) is 0 Å². The molecule has 1 heterocycles. The predicted molar refractivity (Wildman–Crippen MR) is 145 cm³/mol. The van der Waals surface area contributed by atoms with E-state index in [1.54, 1.807) is 32.8 Å². The summed E-state index contributed by atoms with van der Waals surface area (Å²) in [6.45, 7) is 3.20. The molecule has 1 fully saturated rings. The van der Waals surface area contributed by atoms with E-state index in [9.17, 15) is 39.9 Å². The van der Waals surface area contributed by atoms with Crippen LogP contribution in [0.4, 0.5) is 0 Å². The van der Waals surface area contributed by atoms with Gasteiger partial charge in [0.05, 0.1) is 30.4 Å². The number of aromatic hydroxyl groups is 2. The molecular weight excluding hydrogens is 550 g/mol. The number of fused-ring (bicyclic) bond motifs is 3. The maximum Gasteiger partial charge on any atom is 0.316 e. The first-order chi connectivity index (χ1) is 19.8. The smallest absolute Gasteiger partial charge is 0.316 e. The number of ether oxygens (including phenoxy) is 3. The van der Waals surface area contributed by atoms with Crippen molar-refractivity contribution in [2.45, 2.75) is 75.0 Å². The van der Waals surface area contributed by atoms with Crippen LogP contribution in [0.15, 0.2) is 24.3 Å². The molecule has 2 aliphatic carbocycles. The van der Waals surface area contributed by atoms with Gasteiger partial charge in [-0.2, -0.15) is 0 Å². The Hall–Kier alpha value is -3.39. The molecule has 0 spiro atoms. The van der Waals surface area contributed by atoms with Crippen LogP contribution in [-0.2, 0) is 19.0 Å². The zero-order valence-electron chi connectivity index (χ0n) is 23.9. The lowest BCUT2D eigenvalue weighted by atomic mass is 9.65. The summed E-state index contributed by atoms with van der Waals surface area (Å²) < 4.78 is 17.1. The maximum atomic E-state index is 13.6. The third-order valence-electron chi connectivity index (χ3n) is 8.89. The fourth-order valence-corrected chi connectivity index (χ4v) is 6.55. The highest BCUT2D eigenvalue weighted by Gasteiger charge is 2.58. The minimum Gasteiger partial charge on any atom is -0.507 e. The normalized spacial score (nSPS) is 32.3. The molecule has 1 unspecified atom stereocenters. The summed E-state index contributed by atoms with van der Waals surface area (Å²) in [5.41, 5.74) is -3.48. The molecule has 3 aliphatic rings. The van der Waals surface area contributed by atoms with E-state index in [2.05, 4.69) is 0 Å². The number of ketones is 2. The Labute approximate surface area is 242 Å². The van der Waals surface area contributed by atoms with E-state index in [0.29, 0.717) is 0 Å². The Morgan fingerprint density at radius 3 is 2.43 bits per heavy atom. The second-order valence-electron chi connectivity index (χ2n) is 11.3. The van der Waals surface area contributed by atoms with Crippen LogP contribution in [0.5, 0.6) is 11.5 Å². The predicted octanol–water partition coefficient (Wildman–Crippen LogP) is 1.13. The maximum absolute atomic E-state index is 13.6. The summed E-state index contributed by atoms with van der Waals surface area (Å²) in [6.07, 6.45) is -5.96. The summed E-state index contributed by atoms with van der Waals surface area (Å²) in [4.78, 5) is 42.2. The van der Waals surface area contributed by atoms with Crippen molar-refractivity contribution in [1.29, 1.82) is 0 Å². The van der Waals surface area contributed by atoms with Crippen molar-refractivity contribution >= 4 is 17.5 Å². The molecular formula is C30H35NO11. The van der Waals surface area contributed by atoms with Gasteiger partial charge in [-0.25, -0.2) is 0 Å². The average Bonchev–Trinajstić information content (AvgIpc) is 2.95. The van der Waals surface area contributed by atoms with Gasteiger partial charge in [0.2, 0.25) is 5.78 Å². The number of rotatable bonds is 5. The van der Waals surface area contributed by atoms with Crippen LogP contribution >= 0.6 is 0 Å². The minimum absolute atomic E-state index is 0.0597. The molecule has 2 aromatic rings. The van der Waals surface area contributed by atoms with Gasteiger partial charge in [-0.3, -0.25) is 14.4 Å². The Morgan fingerprint density at radius 2 is 1.81 bits per heavy atom. The Bertz CT molecular complexity index is 1460. The van der Waals surface area contributed by atoms with Crippen LogP contribution in [0.3, 0.4) is 0 Å². The lowest BCUT2D eigenvalue weighted by molar-refractivity contribution is -0.276. The topological polar surface area (TPSA) is 183 Å². The highest BCUT2D eigenvalue weighted by molar-refractivity contribution is 6.30. The molecule has 0 aromatic heterocycles. The van der Waals surface area contributed by atoms with Gasteiger partial charge < -0.3 is 44.6 Å². The van der Waals surface area contributed by atoms with E-state index in [1.807, 2.05) is 0 Å². The van der Waals surface area contributed by atoms with E-state index in [1.165, 1.54) is 24.3 Å². The molecule has 2 aromatic carbocycles. The summed E-state index contributed by atoms with van der Waals surface area (Å²) in [5, 5.41) is 56.2. The number of nitrogens with zero attached hydrogens (tertiary/aromatic N) is 1. The summed E-state index contributed by atoms with van der Waals surface area (Å²) in [5.74, 6) is -5.22. The summed E-state index contributed by atoms with van der Waals surface area (Å²) in [7, 11) is 4.65. The lowest BCUT2D eigenvalue weighted by Gasteiger charge is -2.48. The van der Waals surface area contributed by atoms with Crippen LogP contribution in [0, 0.1) is 0 Å². The highest BCUT2D eigenvalue weighted by atomic mass is 16.7. The molecule has 1 aliphatic heterocycles. The lowest BCUT2D eigenvalue weighted by Crippen LogP contribution is -2.58. The van der Waals surface area contributed by atoms with Crippen molar-refractivity contribution in [3.63, 3.8) is 0 Å². The van der Waals surface area contributed by atoms with Crippen molar-refractivity contribution in [1.82, 2.24) is 4.90 Å². The SMILES string of the molecule is CC[C@@]1(O)C(O)[C@H](O[C@H]2C[C@H](N(C)C)[C@H](O)[C@H](C)O2)c2c(cc3c(c2O)C(=O)c2c(O)cccc2C3=O)[C@H]1C(=O)OC. The molecule has 42 heavy (non-hydrogen) atoms. The van der Waals surface area contributed by atoms with Gasteiger partial charge >= 0.3 is 5.97 Å².